The first-order valence-electron chi connectivity index (χ1n) is 21.8. The lowest BCUT2D eigenvalue weighted by molar-refractivity contribution is -0.138. The molecule has 0 bridgehead atoms. The SMILES string of the molecule is CCc1cc(=O)n2cc(N3C(=S)N(c4ccc(C#N)c(C(F)(F)F)c4)C(=O)C3(C)C)cc(OCc3cnc4c(c3C)n(-c3ccc5nc(CC)[nH]c(=O)c5c3)c(=S)n4-c3ccc(C#N)c(C(F)(F)F)c3)c2n1. The highest BCUT2D eigenvalue weighted by molar-refractivity contribution is 7.81. The molecule has 1 aliphatic rings. The highest BCUT2D eigenvalue weighted by Gasteiger charge is 2.51. The van der Waals surface area contributed by atoms with E-state index in [4.69, 9.17) is 34.2 Å². The highest BCUT2D eigenvalue weighted by Crippen LogP contribution is 2.42. The molecule has 72 heavy (non-hydrogen) atoms. The number of ether oxygens (including phenoxy) is 1. The number of hydrogen-bond donors (Lipinski definition) is 1. The Bertz CT molecular complexity index is 3940. The number of nitrogens with zero attached hydrogens (tertiary/aromatic N) is 10. The number of carbonyl (C=O) groups excluding carboxylic acids is 1. The third-order valence-corrected chi connectivity index (χ3v) is 13.1. The number of nitrogens with one attached hydrogen (secondary N) is 1. The van der Waals surface area contributed by atoms with Crippen molar-refractivity contribution in [2.45, 2.75) is 72.0 Å². The number of imidazole rings is 1. The van der Waals surface area contributed by atoms with Crippen LogP contribution < -0.4 is 25.7 Å². The Morgan fingerprint density at radius 1 is 0.778 bits per heavy atom. The van der Waals surface area contributed by atoms with Gasteiger partial charge < -0.3 is 14.6 Å². The van der Waals surface area contributed by atoms with E-state index in [-0.39, 0.29) is 56.0 Å². The number of amides is 1. The molecule has 8 aromatic rings. The maximum Gasteiger partial charge on any atom is 0.417 e. The number of anilines is 2. The molecule has 3 aromatic carbocycles. The number of nitriles is 2. The van der Waals surface area contributed by atoms with Gasteiger partial charge in [0.2, 0.25) is 0 Å². The summed E-state index contributed by atoms with van der Waals surface area (Å²) >= 11 is 11.8. The van der Waals surface area contributed by atoms with Crippen molar-refractivity contribution < 1.29 is 35.9 Å². The van der Waals surface area contributed by atoms with Gasteiger partial charge in [-0.2, -0.15) is 36.9 Å². The predicted octanol–water partition coefficient (Wildman–Crippen LogP) is 9.50. The average molecular weight is 1020 g/mol. The third kappa shape index (κ3) is 7.99. The molecule has 0 radical (unpaired) electrons. The van der Waals surface area contributed by atoms with Crippen LogP contribution in [0.25, 0.3) is 39.1 Å². The number of benzene rings is 3. The van der Waals surface area contributed by atoms with Crippen LogP contribution in [0, 0.1) is 34.4 Å². The standard InChI is InChI=1S/C49H35F6N11O4S2/c1-6-28-14-39(67)62-22-32(66-46(72)65(44(69)47(66,4)5)31-11-9-26(20-57)35(17-31)49(53,54)55)18-37(41(62)59-28)70-23-27-21-58-42-40(24(27)3)63(29-12-13-36-33(15-29)43(68)61-38(7-2)60-36)45(71)64(42)30-10-8-25(19-56)34(16-30)48(50,51)52/h8-18,21-22H,6-7,23H2,1-5H3,(H,60,61,68). The van der Waals surface area contributed by atoms with E-state index in [0.717, 1.165) is 23.1 Å². The maximum absolute atomic E-state index is 14.4. The summed E-state index contributed by atoms with van der Waals surface area (Å²) in [4.78, 5) is 60.2. The molecule has 1 N–H and O–H groups in total. The van der Waals surface area contributed by atoms with Crippen LogP contribution in [0.3, 0.4) is 0 Å². The molecule has 0 saturated carbocycles. The number of fused-ring (bicyclic) bond motifs is 3. The number of thiocarbonyl (C=S) groups is 1. The summed E-state index contributed by atoms with van der Waals surface area (Å²) in [5, 5.41) is 18.9. The molecule has 0 spiro atoms. The Hall–Kier alpha value is -8.28. The minimum absolute atomic E-state index is 0.000923. The zero-order valence-corrected chi connectivity index (χ0v) is 39.9. The molecular formula is C49H35F6N11O4S2. The summed E-state index contributed by atoms with van der Waals surface area (Å²) in [7, 11) is 0. The van der Waals surface area contributed by atoms with Crippen molar-refractivity contribution in [3.8, 4) is 29.3 Å². The summed E-state index contributed by atoms with van der Waals surface area (Å²) in [6.07, 6.45) is -6.24. The number of rotatable bonds is 9. The fourth-order valence-corrected chi connectivity index (χ4v) is 9.58. The molecule has 0 atom stereocenters. The molecule has 0 unspecified atom stereocenters. The van der Waals surface area contributed by atoms with E-state index in [1.807, 2.05) is 6.92 Å². The van der Waals surface area contributed by atoms with Crippen LogP contribution in [0.5, 0.6) is 5.75 Å². The molecule has 364 valence electrons. The Labute approximate surface area is 413 Å². The Balaban J connectivity index is 1.19. The molecule has 15 nitrogen and oxygen atoms in total. The van der Waals surface area contributed by atoms with Crippen LogP contribution in [-0.4, -0.2) is 50.0 Å². The van der Waals surface area contributed by atoms with Gasteiger partial charge in [0.25, 0.3) is 17.0 Å². The van der Waals surface area contributed by atoms with E-state index >= 15 is 0 Å². The lowest BCUT2D eigenvalue weighted by Crippen LogP contribution is -2.44. The zero-order chi connectivity index (χ0) is 51.9. The summed E-state index contributed by atoms with van der Waals surface area (Å²) in [6.45, 7) is 8.01. The van der Waals surface area contributed by atoms with Crippen LogP contribution in [0.4, 0.5) is 37.7 Å². The first kappa shape index (κ1) is 48.7. The quantitative estimate of drug-likeness (QED) is 0.107. The van der Waals surface area contributed by atoms with Crippen molar-refractivity contribution in [2.75, 3.05) is 9.80 Å². The monoisotopic (exact) mass is 1020 g/mol. The van der Waals surface area contributed by atoms with Gasteiger partial charge in [-0.05, 0) is 112 Å². The first-order chi connectivity index (χ1) is 34.0. The van der Waals surface area contributed by atoms with Gasteiger partial charge in [-0.25, -0.2) is 15.0 Å². The molecule has 5 aromatic heterocycles. The van der Waals surface area contributed by atoms with E-state index in [9.17, 15) is 51.2 Å². The number of pyridine rings is 2. The second-order valence-electron chi connectivity index (χ2n) is 17.1. The number of hydrogen-bond acceptors (Lipinski definition) is 11. The number of halogens is 6. The minimum Gasteiger partial charge on any atom is -0.485 e. The number of H-pyrrole nitrogens is 1. The largest absolute Gasteiger partial charge is 0.485 e. The van der Waals surface area contributed by atoms with Gasteiger partial charge in [-0.3, -0.25) is 32.8 Å². The van der Waals surface area contributed by atoms with Crippen molar-refractivity contribution in [3.05, 3.63) is 150 Å². The van der Waals surface area contributed by atoms with E-state index in [2.05, 4.69) is 15.0 Å². The molecular weight excluding hydrogens is 985 g/mol. The lowest BCUT2D eigenvalue weighted by Gasteiger charge is -2.30. The molecule has 0 aliphatic carbocycles. The minimum atomic E-state index is -4.94. The van der Waals surface area contributed by atoms with Crippen molar-refractivity contribution in [3.63, 3.8) is 0 Å². The fraction of sp³-hybridized carbons (Fsp3) is 0.224. The van der Waals surface area contributed by atoms with Crippen molar-refractivity contribution in [2.24, 2.45) is 0 Å². The number of carbonyl (C=O) groups is 1. The lowest BCUT2D eigenvalue weighted by atomic mass is 10.0. The fourth-order valence-electron chi connectivity index (χ4n) is 8.67. The molecule has 9 rings (SSSR count). The van der Waals surface area contributed by atoms with E-state index in [1.165, 1.54) is 70.4 Å². The van der Waals surface area contributed by atoms with Crippen LogP contribution in [-0.2, 0) is 36.6 Å². The number of alkyl halides is 6. The molecule has 1 saturated heterocycles. The van der Waals surface area contributed by atoms with E-state index < -0.39 is 57.2 Å². The summed E-state index contributed by atoms with van der Waals surface area (Å²) < 4.78 is 95.9. The highest BCUT2D eigenvalue weighted by atomic mass is 32.1. The van der Waals surface area contributed by atoms with Crippen molar-refractivity contribution in [1.82, 2.24) is 33.5 Å². The van der Waals surface area contributed by atoms with Gasteiger partial charge in [0.15, 0.2) is 26.9 Å². The van der Waals surface area contributed by atoms with Gasteiger partial charge in [-0.1, -0.05) is 13.8 Å². The normalized spacial score (nSPS) is 13.9. The van der Waals surface area contributed by atoms with Gasteiger partial charge in [0, 0.05) is 47.9 Å². The van der Waals surface area contributed by atoms with Gasteiger partial charge in [-0.15, -0.1) is 0 Å². The number of aromatic amines is 1. The second-order valence-corrected chi connectivity index (χ2v) is 17.8. The van der Waals surface area contributed by atoms with Crippen molar-refractivity contribution >= 4 is 74.5 Å². The van der Waals surface area contributed by atoms with Crippen LogP contribution >= 0.6 is 24.4 Å². The van der Waals surface area contributed by atoms with Crippen LogP contribution in [0.15, 0.2) is 88.7 Å². The van der Waals surface area contributed by atoms with Crippen molar-refractivity contribution in [1.29, 1.82) is 10.5 Å². The molecule has 6 heterocycles. The first-order valence-corrected chi connectivity index (χ1v) is 22.6. The van der Waals surface area contributed by atoms with E-state index in [1.54, 1.807) is 42.7 Å². The molecule has 23 heteroatoms. The zero-order valence-electron chi connectivity index (χ0n) is 38.3. The van der Waals surface area contributed by atoms with Gasteiger partial charge in [0.05, 0.1) is 67.9 Å². The summed E-state index contributed by atoms with van der Waals surface area (Å²) in [5.41, 5.74) is -4.03. The number of aryl methyl sites for hydroxylation is 3. The Kier molecular flexibility index (Phi) is 11.9. The topological polar surface area (TPSA) is 183 Å². The van der Waals surface area contributed by atoms with E-state index in [0.29, 0.717) is 58.3 Å². The van der Waals surface area contributed by atoms with Crippen LogP contribution in [0.1, 0.15) is 72.6 Å². The molecule has 1 amide bonds. The predicted molar refractivity (Wildman–Crippen MR) is 259 cm³/mol. The Morgan fingerprint density at radius 3 is 2.03 bits per heavy atom. The molecule has 1 fully saturated rings. The summed E-state index contributed by atoms with van der Waals surface area (Å²) in [5.74, 6) is -0.261. The van der Waals surface area contributed by atoms with Gasteiger partial charge in [0.1, 0.15) is 18.0 Å². The third-order valence-electron chi connectivity index (χ3n) is 12.4. The average Bonchev–Trinajstić information content (AvgIpc) is 3.73. The summed E-state index contributed by atoms with van der Waals surface area (Å²) in [6, 6.07) is 16.6. The van der Waals surface area contributed by atoms with Crippen LogP contribution in [0.2, 0.25) is 0 Å². The molecule has 1 aliphatic heterocycles. The van der Waals surface area contributed by atoms with Gasteiger partial charge >= 0.3 is 12.4 Å². The Morgan fingerprint density at radius 2 is 1.40 bits per heavy atom. The maximum atomic E-state index is 14.4. The smallest absolute Gasteiger partial charge is 0.417 e. The number of aromatic nitrogens is 7. The second kappa shape index (κ2) is 17.5.